The number of thiophene rings is 1. The molecule has 6 aromatic rings. The van der Waals surface area contributed by atoms with Crippen molar-refractivity contribution in [2.24, 2.45) is 0 Å². The monoisotopic (exact) mass is 555 g/mol. The fourth-order valence-corrected chi connectivity index (χ4v) is 9.95. The SMILES string of the molecule is Cc1cc([Si](C)(C)c2ccccc2)cc(C)c1-c1cc2ccnc(-c3cc(C(C)(C)C)c4ccccc4c3)c2s1. The normalized spacial score (nSPS) is 12.4. The van der Waals surface area contributed by atoms with Gasteiger partial charge in [0.25, 0.3) is 0 Å². The summed E-state index contributed by atoms with van der Waals surface area (Å²) in [5, 5.41) is 6.83. The van der Waals surface area contributed by atoms with Crippen molar-refractivity contribution < 1.29 is 0 Å². The molecule has 0 aliphatic carbocycles. The predicted octanol–water partition coefficient (Wildman–Crippen LogP) is 9.52. The summed E-state index contributed by atoms with van der Waals surface area (Å²) in [5.41, 5.74) is 7.75. The molecular formula is C37H37NSSi. The quantitative estimate of drug-likeness (QED) is 0.197. The second-order valence-electron chi connectivity index (χ2n) is 12.7. The maximum Gasteiger partial charge on any atom is 0.112 e. The standard InChI is InChI=1S/C37H37NSSi/c1-24-19-30(40(6,7)29-14-9-8-10-15-29)20-25(2)34(24)33-23-27-17-18-38-35(36(27)39-33)28-21-26-13-11-12-16-31(26)32(22-28)37(3,4)5/h8-23H,1-7H3. The van der Waals surface area contributed by atoms with E-state index in [2.05, 4.69) is 139 Å². The Kier molecular flexibility index (Phi) is 6.56. The summed E-state index contributed by atoms with van der Waals surface area (Å²) in [6, 6.07) is 33.9. The van der Waals surface area contributed by atoms with E-state index in [1.54, 1.807) is 0 Å². The molecule has 0 aliphatic heterocycles. The zero-order valence-corrected chi connectivity index (χ0v) is 26.4. The first kappa shape index (κ1) is 26.7. The van der Waals surface area contributed by atoms with Crippen LogP contribution in [0.5, 0.6) is 0 Å². The molecule has 0 aliphatic rings. The maximum absolute atomic E-state index is 4.95. The van der Waals surface area contributed by atoms with E-state index >= 15 is 0 Å². The first-order chi connectivity index (χ1) is 19.0. The predicted molar refractivity (Wildman–Crippen MR) is 179 cm³/mol. The van der Waals surface area contributed by atoms with Gasteiger partial charge in [-0.2, -0.15) is 0 Å². The summed E-state index contributed by atoms with van der Waals surface area (Å²) in [5.74, 6) is 0. The van der Waals surface area contributed by atoms with Gasteiger partial charge >= 0.3 is 0 Å². The van der Waals surface area contributed by atoms with Crippen LogP contribution in [0.4, 0.5) is 0 Å². The minimum atomic E-state index is -1.78. The summed E-state index contributed by atoms with van der Waals surface area (Å²) in [7, 11) is -1.78. The molecule has 0 amide bonds. The first-order valence-corrected chi connectivity index (χ1v) is 18.0. The highest BCUT2D eigenvalue weighted by atomic mass is 32.1. The Labute approximate surface area is 243 Å². The zero-order chi connectivity index (χ0) is 28.2. The highest BCUT2D eigenvalue weighted by molar-refractivity contribution is 7.22. The molecule has 0 saturated carbocycles. The summed E-state index contributed by atoms with van der Waals surface area (Å²) in [6.07, 6.45) is 1.97. The van der Waals surface area contributed by atoms with Crippen molar-refractivity contribution >= 4 is 50.6 Å². The molecule has 0 atom stereocenters. The van der Waals surface area contributed by atoms with Crippen LogP contribution in [0.2, 0.25) is 13.1 Å². The van der Waals surface area contributed by atoms with Crippen LogP contribution >= 0.6 is 11.3 Å². The van der Waals surface area contributed by atoms with Gasteiger partial charge in [-0.25, -0.2) is 0 Å². The first-order valence-electron chi connectivity index (χ1n) is 14.1. The Morgan fingerprint density at radius 3 is 2.08 bits per heavy atom. The number of fused-ring (bicyclic) bond motifs is 2. The fourth-order valence-electron chi connectivity index (χ4n) is 6.10. The minimum Gasteiger partial charge on any atom is -0.255 e. The van der Waals surface area contributed by atoms with Crippen molar-refractivity contribution in [3.05, 3.63) is 114 Å². The molecular weight excluding hydrogens is 519 g/mol. The van der Waals surface area contributed by atoms with Crippen molar-refractivity contribution in [2.45, 2.75) is 53.1 Å². The molecule has 0 fully saturated rings. The molecule has 0 saturated heterocycles. The lowest BCUT2D eigenvalue weighted by atomic mass is 9.82. The molecule has 6 rings (SSSR count). The van der Waals surface area contributed by atoms with Crippen LogP contribution in [-0.4, -0.2) is 13.1 Å². The van der Waals surface area contributed by atoms with Crippen molar-refractivity contribution in [1.29, 1.82) is 0 Å². The second-order valence-corrected chi connectivity index (χ2v) is 18.1. The maximum atomic E-state index is 4.95. The molecule has 0 unspecified atom stereocenters. The number of nitrogens with zero attached hydrogens (tertiary/aromatic N) is 1. The Hall–Kier alpha value is -3.53. The van der Waals surface area contributed by atoms with Crippen LogP contribution in [0, 0.1) is 13.8 Å². The van der Waals surface area contributed by atoms with Gasteiger partial charge in [-0.15, -0.1) is 11.3 Å². The van der Waals surface area contributed by atoms with Crippen LogP contribution in [-0.2, 0) is 5.41 Å². The number of benzene rings is 4. The van der Waals surface area contributed by atoms with Crippen molar-refractivity contribution in [2.75, 3.05) is 0 Å². The molecule has 3 heteroatoms. The second kappa shape index (κ2) is 9.83. The number of hydrogen-bond acceptors (Lipinski definition) is 2. The third kappa shape index (κ3) is 4.61. The topological polar surface area (TPSA) is 12.9 Å². The van der Waals surface area contributed by atoms with E-state index in [4.69, 9.17) is 4.98 Å². The van der Waals surface area contributed by atoms with E-state index in [0.29, 0.717) is 0 Å². The number of hydrogen-bond donors (Lipinski definition) is 0. The fraction of sp³-hybridized carbons (Fsp3) is 0.216. The average Bonchev–Trinajstić information content (AvgIpc) is 3.36. The van der Waals surface area contributed by atoms with E-state index in [1.807, 2.05) is 17.5 Å². The molecule has 200 valence electrons. The molecule has 40 heavy (non-hydrogen) atoms. The molecule has 1 nitrogen and oxygen atoms in total. The van der Waals surface area contributed by atoms with Crippen LogP contribution in [0.3, 0.4) is 0 Å². The molecule has 2 heterocycles. The number of aromatic nitrogens is 1. The van der Waals surface area contributed by atoms with E-state index in [9.17, 15) is 0 Å². The third-order valence-corrected chi connectivity index (χ3v) is 13.1. The van der Waals surface area contributed by atoms with Gasteiger partial charge in [0.05, 0.1) is 10.4 Å². The smallest absolute Gasteiger partial charge is 0.112 e. The van der Waals surface area contributed by atoms with Gasteiger partial charge in [-0.05, 0) is 81.9 Å². The van der Waals surface area contributed by atoms with E-state index in [0.717, 1.165) is 5.69 Å². The van der Waals surface area contributed by atoms with E-state index in [-0.39, 0.29) is 5.41 Å². The third-order valence-electron chi connectivity index (χ3n) is 8.37. The van der Waals surface area contributed by atoms with Crippen LogP contribution in [0.25, 0.3) is 42.6 Å². The van der Waals surface area contributed by atoms with Gasteiger partial charge in [0.1, 0.15) is 8.07 Å². The van der Waals surface area contributed by atoms with Gasteiger partial charge < -0.3 is 0 Å². The van der Waals surface area contributed by atoms with Gasteiger partial charge in [0.15, 0.2) is 0 Å². The van der Waals surface area contributed by atoms with Gasteiger partial charge in [0, 0.05) is 16.6 Å². The molecule has 2 aromatic heterocycles. The summed E-state index contributed by atoms with van der Waals surface area (Å²) in [4.78, 5) is 6.28. The highest BCUT2D eigenvalue weighted by Crippen LogP contribution is 2.42. The van der Waals surface area contributed by atoms with Crippen molar-refractivity contribution in [1.82, 2.24) is 4.98 Å². The molecule has 0 radical (unpaired) electrons. The Morgan fingerprint density at radius 1 is 0.700 bits per heavy atom. The molecule has 0 bridgehead atoms. The lowest BCUT2D eigenvalue weighted by molar-refractivity contribution is 0.596. The number of aryl methyl sites for hydroxylation is 2. The van der Waals surface area contributed by atoms with E-state index < -0.39 is 8.07 Å². The van der Waals surface area contributed by atoms with Crippen molar-refractivity contribution in [3.63, 3.8) is 0 Å². The zero-order valence-electron chi connectivity index (χ0n) is 24.6. The lowest BCUT2D eigenvalue weighted by Crippen LogP contribution is -2.53. The summed E-state index contributed by atoms with van der Waals surface area (Å²) >= 11 is 1.88. The Morgan fingerprint density at radius 2 is 1.38 bits per heavy atom. The molecule has 0 spiro atoms. The number of rotatable bonds is 4. The molecule has 4 aromatic carbocycles. The molecule has 0 N–H and O–H groups in total. The largest absolute Gasteiger partial charge is 0.255 e. The van der Waals surface area contributed by atoms with E-state index in [1.165, 1.54) is 63.9 Å². The van der Waals surface area contributed by atoms with Crippen molar-refractivity contribution in [3.8, 4) is 21.7 Å². The van der Waals surface area contributed by atoms with Crippen LogP contribution in [0.15, 0.2) is 97.2 Å². The van der Waals surface area contributed by atoms with Crippen LogP contribution < -0.4 is 10.4 Å². The lowest BCUT2D eigenvalue weighted by Gasteiger charge is -2.25. The number of pyridine rings is 1. The average molecular weight is 556 g/mol. The Balaban J connectivity index is 1.48. The summed E-state index contributed by atoms with van der Waals surface area (Å²) in [6.45, 7) is 16.4. The minimum absolute atomic E-state index is 0.0386. The van der Waals surface area contributed by atoms with Gasteiger partial charge in [0.2, 0.25) is 0 Å². The summed E-state index contributed by atoms with van der Waals surface area (Å²) < 4.78 is 1.26. The van der Waals surface area contributed by atoms with Gasteiger partial charge in [-0.1, -0.05) is 111 Å². The Bertz CT molecular complexity index is 1850. The highest BCUT2D eigenvalue weighted by Gasteiger charge is 2.27. The van der Waals surface area contributed by atoms with Crippen LogP contribution in [0.1, 0.15) is 37.5 Å². The van der Waals surface area contributed by atoms with Gasteiger partial charge in [-0.3, -0.25) is 4.98 Å².